The van der Waals surface area contributed by atoms with Gasteiger partial charge in [0.1, 0.15) is 19.0 Å². The highest BCUT2D eigenvalue weighted by Gasteiger charge is 2.38. The fraction of sp³-hybridized carbons (Fsp3) is 0.370. The first-order valence-corrected chi connectivity index (χ1v) is 23.4. The van der Waals surface area contributed by atoms with Crippen LogP contribution in [0.25, 0.3) is 0 Å². The molecule has 4 aliphatic heterocycles. The summed E-state index contributed by atoms with van der Waals surface area (Å²) >= 11 is 0. The van der Waals surface area contributed by atoms with Crippen molar-refractivity contribution in [2.75, 3.05) is 61.3 Å². The molecule has 0 radical (unpaired) electrons. The Kier molecular flexibility index (Phi) is 13.9. The number of fused-ring (bicyclic) bond motifs is 8. The van der Waals surface area contributed by atoms with E-state index in [-0.39, 0.29) is 43.5 Å². The molecule has 4 aliphatic rings. The monoisotopic (exact) mass is 906 g/mol. The molecule has 4 heterocycles. The van der Waals surface area contributed by atoms with Crippen molar-refractivity contribution in [3.63, 3.8) is 0 Å². The zero-order valence-electron chi connectivity index (χ0n) is 38.5. The third-order valence-corrected chi connectivity index (χ3v) is 13.0. The smallest absolute Gasteiger partial charge is 0.303 e. The number of anilines is 3. The van der Waals surface area contributed by atoms with Gasteiger partial charge in [0.05, 0.1) is 44.2 Å². The molecule has 67 heavy (non-hydrogen) atoms. The number of carboxylic acid groups (broad SMARTS) is 1. The average Bonchev–Trinajstić information content (AvgIpc) is 3.83. The minimum atomic E-state index is -0.852. The van der Waals surface area contributed by atoms with Crippen molar-refractivity contribution < 1.29 is 43.2 Å². The second-order valence-corrected chi connectivity index (χ2v) is 17.6. The van der Waals surface area contributed by atoms with E-state index < -0.39 is 5.97 Å². The standard InChI is InChI=1S/C54H58N4O9/c1-4-19-64-21-22-65-20-18-56(17-9-14-52(59)60)42-25-36(33-66-49-31-46-45(23-35(49)2)54(62)58-43(32-55-46)28-40-11-6-8-13-48(40)58)24-37(26-42)34-67-51-29-38-15-16-41-27-39-10-5-7-12-47(39)57(41)53(61)44(38)30-50(51)63-3/h5-8,10-13,23-26,29-32,41,43H,4,9,14-22,27-28,33-34H2,1-3H3,(H,59,60)/t41-,43+/m1/s1. The Hall–Kier alpha value is -6.70. The lowest BCUT2D eigenvalue weighted by molar-refractivity contribution is -0.137. The fourth-order valence-electron chi connectivity index (χ4n) is 9.75. The van der Waals surface area contributed by atoms with Crippen molar-refractivity contribution in [2.45, 2.75) is 84.1 Å². The Labute approximate surface area is 391 Å². The summed E-state index contributed by atoms with van der Waals surface area (Å²) in [6.07, 6.45) is 6.36. The van der Waals surface area contributed by atoms with Crippen molar-refractivity contribution >= 4 is 46.7 Å². The molecule has 0 unspecified atom stereocenters. The van der Waals surface area contributed by atoms with E-state index in [0.717, 1.165) is 70.6 Å². The molecule has 0 aliphatic carbocycles. The van der Waals surface area contributed by atoms with Gasteiger partial charge < -0.3 is 38.6 Å². The number of aryl methyl sites for hydroxylation is 2. The summed E-state index contributed by atoms with van der Waals surface area (Å²) in [6.45, 7) is 7.43. The number of carbonyl (C=O) groups is 3. The zero-order chi connectivity index (χ0) is 46.4. The molecule has 13 heteroatoms. The van der Waals surface area contributed by atoms with Crippen LogP contribution in [0.1, 0.15) is 86.7 Å². The van der Waals surface area contributed by atoms with E-state index in [9.17, 15) is 19.5 Å². The van der Waals surface area contributed by atoms with Crippen molar-refractivity contribution in [1.82, 2.24) is 0 Å². The molecular weight excluding hydrogens is 849 g/mol. The number of ether oxygens (including phenoxy) is 5. The number of para-hydroxylation sites is 2. The first kappa shape index (κ1) is 45.5. The number of hydrogen-bond acceptors (Lipinski definition) is 10. The molecule has 0 aromatic heterocycles. The maximum Gasteiger partial charge on any atom is 0.303 e. The van der Waals surface area contributed by atoms with Gasteiger partial charge >= 0.3 is 5.97 Å². The maximum atomic E-state index is 14.2. The lowest BCUT2D eigenvalue weighted by Gasteiger charge is -2.26. The highest BCUT2D eigenvalue weighted by molar-refractivity contribution is 6.14. The molecule has 2 amide bonds. The van der Waals surface area contributed by atoms with E-state index >= 15 is 0 Å². The van der Waals surface area contributed by atoms with Crippen LogP contribution in [0.5, 0.6) is 17.2 Å². The summed E-state index contributed by atoms with van der Waals surface area (Å²) in [5.74, 6) is 0.654. The molecule has 13 nitrogen and oxygen atoms in total. The Balaban J connectivity index is 0.979. The number of methoxy groups -OCH3 is 1. The number of hydrogen-bond donors (Lipinski definition) is 1. The number of rotatable bonds is 20. The maximum absolute atomic E-state index is 14.2. The fourth-order valence-corrected chi connectivity index (χ4v) is 9.75. The first-order valence-electron chi connectivity index (χ1n) is 23.4. The van der Waals surface area contributed by atoms with Crippen LogP contribution in [-0.2, 0) is 46.7 Å². The minimum Gasteiger partial charge on any atom is -0.493 e. The Morgan fingerprint density at radius 2 is 1.43 bits per heavy atom. The molecule has 1 N–H and O–H groups in total. The number of aliphatic imine (C=N–C) groups is 1. The van der Waals surface area contributed by atoms with Gasteiger partial charge in [-0.2, -0.15) is 0 Å². The molecule has 0 bridgehead atoms. The van der Waals surface area contributed by atoms with Gasteiger partial charge in [-0.05, 0) is 121 Å². The third-order valence-electron chi connectivity index (χ3n) is 13.0. The minimum absolute atomic E-state index is 0.0280. The van der Waals surface area contributed by atoms with E-state index in [2.05, 4.69) is 36.1 Å². The molecule has 9 rings (SSSR count). The molecule has 348 valence electrons. The van der Waals surface area contributed by atoms with Crippen LogP contribution in [-0.4, -0.2) is 87.8 Å². The SMILES string of the molecule is CCCOCCOCCN(CCCC(=O)O)c1cc(COc2cc3c(cc2C)C(=O)N2c4ccccc4C[C@H]2C=N3)cc(COc2cc3c(cc2OC)C(=O)N2c4ccccc4C[C@H]2CC3)c1. The zero-order valence-corrected chi connectivity index (χ0v) is 38.5. The highest BCUT2D eigenvalue weighted by Crippen LogP contribution is 2.42. The van der Waals surface area contributed by atoms with Crippen molar-refractivity contribution in [3.05, 3.63) is 136 Å². The molecule has 0 fully saturated rings. The van der Waals surface area contributed by atoms with Crippen LogP contribution in [0.15, 0.2) is 96.0 Å². The average molecular weight is 907 g/mol. The number of aliphatic carboxylic acids is 1. The molecule has 0 saturated heterocycles. The second-order valence-electron chi connectivity index (χ2n) is 17.6. The summed E-state index contributed by atoms with van der Waals surface area (Å²) in [5.41, 5.74) is 10.2. The second kappa shape index (κ2) is 20.4. The number of carbonyl (C=O) groups excluding carboxylic acids is 2. The van der Waals surface area contributed by atoms with Gasteiger partial charge in [0.2, 0.25) is 0 Å². The van der Waals surface area contributed by atoms with Crippen LogP contribution in [0.2, 0.25) is 0 Å². The van der Waals surface area contributed by atoms with Crippen molar-refractivity contribution in [1.29, 1.82) is 0 Å². The number of amides is 2. The van der Waals surface area contributed by atoms with Crippen LogP contribution in [0, 0.1) is 6.92 Å². The van der Waals surface area contributed by atoms with Gasteiger partial charge in [-0.1, -0.05) is 43.3 Å². The lowest BCUT2D eigenvalue weighted by Crippen LogP contribution is -2.37. The van der Waals surface area contributed by atoms with Gasteiger partial charge in [-0.25, -0.2) is 0 Å². The van der Waals surface area contributed by atoms with Crippen molar-refractivity contribution in [2.24, 2.45) is 4.99 Å². The summed E-state index contributed by atoms with van der Waals surface area (Å²) in [6, 6.07) is 29.7. The Morgan fingerprint density at radius 3 is 2.16 bits per heavy atom. The lowest BCUT2D eigenvalue weighted by atomic mass is 9.99. The van der Waals surface area contributed by atoms with Crippen LogP contribution in [0.4, 0.5) is 22.7 Å². The molecule has 2 atom stereocenters. The molecule has 5 aromatic carbocycles. The summed E-state index contributed by atoms with van der Waals surface area (Å²) in [4.78, 5) is 50.6. The Bertz CT molecular complexity index is 2680. The van der Waals surface area contributed by atoms with Gasteiger partial charge in [0.15, 0.2) is 11.5 Å². The van der Waals surface area contributed by atoms with E-state index in [1.807, 2.05) is 89.7 Å². The van der Waals surface area contributed by atoms with Gasteiger partial charge in [-0.3, -0.25) is 24.3 Å². The van der Waals surface area contributed by atoms with Gasteiger partial charge in [0, 0.05) is 73.5 Å². The third kappa shape index (κ3) is 9.89. The quantitative estimate of drug-likeness (QED) is 0.0753. The van der Waals surface area contributed by atoms with Crippen molar-refractivity contribution in [3.8, 4) is 17.2 Å². The summed E-state index contributed by atoms with van der Waals surface area (Å²) < 4.78 is 30.6. The molecule has 0 spiro atoms. The highest BCUT2D eigenvalue weighted by atomic mass is 16.5. The predicted octanol–water partition coefficient (Wildman–Crippen LogP) is 9.08. The number of benzene rings is 5. The van der Waals surface area contributed by atoms with Crippen LogP contribution in [0.3, 0.4) is 0 Å². The van der Waals surface area contributed by atoms with E-state index in [0.29, 0.717) is 86.4 Å². The topological polar surface area (TPSA) is 140 Å². The van der Waals surface area contributed by atoms with E-state index in [1.165, 1.54) is 5.56 Å². The molecule has 5 aromatic rings. The largest absolute Gasteiger partial charge is 0.493 e. The number of nitrogens with zero attached hydrogens (tertiary/aromatic N) is 4. The van der Waals surface area contributed by atoms with Gasteiger partial charge in [-0.15, -0.1) is 0 Å². The predicted molar refractivity (Wildman–Crippen MR) is 258 cm³/mol. The van der Waals surface area contributed by atoms with Crippen LogP contribution >= 0.6 is 0 Å². The van der Waals surface area contributed by atoms with E-state index in [1.54, 1.807) is 7.11 Å². The number of carboxylic acids is 1. The normalized spacial score (nSPS) is 16.6. The van der Waals surface area contributed by atoms with Crippen LogP contribution < -0.4 is 28.9 Å². The van der Waals surface area contributed by atoms with Gasteiger partial charge in [0.25, 0.3) is 11.8 Å². The first-order chi connectivity index (χ1) is 32.7. The Morgan fingerprint density at radius 1 is 0.746 bits per heavy atom. The summed E-state index contributed by atoms with van der Waals surface area (Å²) in [7, 11) is 1.58. The molecular formula is C54H58N4O9. The molecule has 0 saturated carbocycles. The van der Waals surface area contributed by atoms with E-state index in [4.69, 9.17) is 28.7 Å². The summed E-state index contributed by atoms with van der Waals surface area (Å²) in [5, 5.41) is 9.54.